The molecule has 0 aromatic heterocycles. The quantitative estimate of drug-likeness (QED) is 0.0982. The van der Waals surface area contributed by atoms with E-state index in [9.17, 15) is 9.90 Å². The number of aldehydes is 1. The number of hydrogen-bond donors (Lipinski definition) is 1. The molecule has 42 heavy (non-hydrogen) atoms. The zero-order valence-corrected chi connectivity index (χ0v) is 27.6. The van der Waals surface area contributed by atoms with Gasteiger partial charge in [0.2, 0.25) is 0 Å². The van der Waals surface area contributed by atoms with Crippen molar-refractivity contribution in [3.8, 4) is 0 Å². The van der Waals surface area contributed by atoms with Crippen molar-refractivity contribution >= 4 is 6.29 Å². The molecule has 0 radical (unpaired) electrons. The minimum Gasteiger partial charge on any atom is -0.393 e. The summed E-state index contributed by atoms with van der Waals surface area (Å²) in [4.78, 5) is 11.2. The van der Waals surface area contributed by atoms with Crippen LogP contribution in [-0.4, -0.2) is 17.5 Å². The Bertz CT molecular complexity index is 1270. The highest BCUT2D eigenvalue weighted by molar-refractivity contribution is 5.73. The van der Waals surface area contributed by atoms with Crippen LogP contribution in [0.3, 0.4) is 0 Å². The van der Waals surface area contributed by atoms with Crippen molar-refractivity contribution in [2.75, 3.05) is 0 Å². The summed E-state index contributed by atoms with van der Waals surface area (Å²) in [6, 6.07) is 0. The first kappa shape index (κ1) is 36.5. The van der Waals surface area contributed by atoms with E-state index in [4.69, 9.17) is 0 Å². The molecule has 226 valence electrons. The molecule has 0 aliphatic heterocycles. The minimum absolute atomic E-state index is 0.00147. The van der Waals surface area contributed by atoms with E-state index >= 15 is 0 Å². The lowest BCUT2D eigenvalue weighted by Gasteiger charge is -2.35. The Balaban J connectivity index is 2.63. The summed E-state index contributed by atoms with van der Waals surface area (Å²) in [6.07, 6.45) is 37.2. The van der Waals surface area contributed by atoms with Crippen LogP contribution in [0.4, 0.5) is 0 Å². The van der Waals surface area contributed by atoms with Crippen LogP contribution in [0.2, 0.25) is 0 Å². The van der Waals surface area contributed by atoms with Crippen LogP contribution < -0.4 is 0 Å². The minimum atomic E-state index is -0.230. The highest BCUT2D eigenvalue weighted by Crippen LogP contribution is 2.41. The monoisotopic (exact) mass is 566 g/mol. The first-order valence-electron chi connectivity index (χ1n) is 15.1. The Morgan fingerprint density at radius 3 is 1.71 bits per heavy atom. The van der Waals surface area contributed by atoms with Gasteiger partial charge in [0.05, 0.1) is 6.10 Å². The average Bonchev–Trinajstić information content (AvgIpc) is 2.89. The number of rotatable bonds is 14. The maximum Gasteiger partial charge on any atom is 0.146 e. The van der Waals surface area contributed by atoms with Crippen LogP contribution in [0.25, 0.3) is 0 Å². The molecule has 1 aliphatic carbocycles. The molecule has 0 amide bonds. The summed E-state index contributed by atoms with van der Waals surface area (Å²) in [5.41, 5.74) is 9.37. The van der Waals surface area contributed by atoms with E-state index in [1.165, 1.54) is 27.9 Å². The van der Waals surface area contributed by atoms with Crippen LogP contribution in [-0.2, 0) is 4.79 Å². The van der Waals surface area contributed by atoms with Crippen molar-refractivity contribution in [2.24, 2.45) is 5.41 Å². The number of carbonyl (C=O) groups excluding carboxylic acids is 1. The maximum absolute atomic E-state index is 11.2. The maximum atomic E-state index is 11.2. The van der Waals surface area contributed by atoms with Crippen molar-refractivity contribution in [2.45, 2.75) is 94.1 Å². The number of aliphatic hydroxyl groups is 1. The van der Waals surface area contributed by atoms with Crippen molar-refractivity contribution < 1.29 is 9.90 Å². The van der Waals surface area contributed by atoms with Crippen LogP contribution in [0.1, 0.15) is 88.0 Å². The van der Waals surface area contributed by atoms with E-state index in [1.807, 2.05) is 31.2 Å². The van der Waals surface area contributed by atoms with Gasteiger partial charge in [-0.1, -0.05) is 145 Å². The van der Waals surface area contributed by atoms with E-state index in [-0.39, 0.29) is 11.5 Å². The first-order chi connectivity index (χ1) is 19.8. The van der Waals surface area contributed by atoms with Crippen molar-refractivity contribution in [1.82, 2.24) is 0 Å². The molecule has 0 fully saturated rings. The van der Waals surface area contributed by atoms with Gasteiger partial charge in [-0.3, -0.25) is 4.79 Å². The number of carbonyl (C=O) groups is 1. The number of hydrogen-bond acceptors (Lipinski definition) is 2. The lowest BCUT2D eigenvalue weighted by molar-refractivity contribution is -0.105. The van der Waals surface area contributed by atoms with Crippen molar-refractivity contribution in [3.05, 3.63) is 142 Å². The van der Waals surface area contributed by atoms with Gasteiger partial charge in [0, 0.05) is 0 Å². The van der Waals surface area contributed by atoms with Crippen molar-refractivity contribution in [3.63, 3.8) is 0 Å². The van der Waals surface area contributed by atoms with E-state index in [1.54, 1.807) is 0 Å². The van der Waals surface area contributed by atoms with E-state index in [0.29, 0.717) is 0 Å². The molecular formula is C40H54O2. The Kier molecular flexibility index (Phi) is 17.0. The molecule has 0 heterocycles. The summed E-state index contributed by atoms with van der Waals surface area (Å²) < 4.78 is 0. The normalized spacial score (nSPS) is 19.9. The van der Waals surface area contributed by atoms with Crippen LogP contribution in [0.5, 0.6) is 0 Å². The molecule has 0 aromatic rings. The predicted octanol–water partition coefficient (Wildman–Crippen LogP) is 10.9. The van der Waals surface area contributed by atoms with Crippen molar-refractivity contribution in [1.29, 1.82) is 0 Å². The summed E-state index contributed by atoms with van der Waals surface area (Å²) in [7, 11) is 0. The van der Waals surface area contributed by atoms with Gasteiger partial charge in [0.1, 0.15) is 6.29 Å². The van der Waals surface area contributed by atoms with E-state index < -0.39 is 0 Å². The van der Waals surface area contributed by atoms with Crippen LogP contribution >= 0.6 is 0 Å². The molecular weight excluding hydrogens is 512 g/mol. The fourth-order valence-electron chi connectivity index (χ4n) is 4.77. The molecule has 0 saturated heterocycles. The lowest BCUT2D eigenvalue weighted by atomic mass is 9.71. The van der Waals surface area contributed by atoms with Gasteiger partial charge in [-0.2, -0.15) is 0 Å². The Hall–Kier alpha value is -3.49. The van der Waals surface area contributed by atoms with E-state index in [0.717, 1.165) is 48.7 Å². The second kappa shape index (κ2) is 19.6. The third kappa shape index (κ3) is 16.1. The van der Waals surface area contributed by atoms with Gasteiger partial charge in [0.15, 0.2) is 0 Å². The van der Waals surface area contributed by atoms with Crippen LogP contribution in [0, 0.1) is 5.41 Å². The highest BCUT2D eigenvalue weighted by Gasteiger charge is 2.31. The summed E-state index contributed by atoms with van der Waals surface area (Å²) in [5.74, 6) is 0. The first-order valence-corrected chi connectivity index (χ1v) is 15.1. The zero-order valence-electron chi connectivity index (χ0n) is 27.6. The number of aliphatic hydroxyl groups excluding tert-OH is 1. The second-order valence-electron chi connectivity index (χ2n) is 12.3. The van der Waals surface area contributed by atoms with Gasteiger partial charge in [-0.05, 0) is 90.7 Å². The molecule has 0 aromatic carbocycles. The molecule has 0 unspecified atom stereocenters. The average molecular weight is 567 g/mol. The van der Waals surface area contributed by atoms with E-state index in [2.05, 4.69) is 128 Å². The Labute approximate surface area is 257 Å². The second-order valence-corrected chi connectivity index (χ2v) is 12.3. The summed E-state index contributed by atoms with van der Waals surface area (Å²) >= 11 is 0. The molecule has 2 heteroatoms. The van der Waals surface area contributed by atoms with Gasteiger partial charge in [-0.25, -0.2) is 0 Å². The van der Waals surface area contributed by atoms with Crippen LogP contribution in [0.15, 0.2) is 142 Å². The Morgan fingerprint density at radius 1 is 0.762 bits per heavy atom. The third-order valence-electron chi connectivity index (χ3n) is 7.06. The summed E-state index contributed by atoms with van der Waals surface area (Å²) in [5, 5.41) is 10.1. The van der Waals surface area contributed by atoms with Gasteiger partial charge >= 0.3 is 0 Å². The molecule has 2 nitrogen and oxygen atoms in total. The van der Waals surface area contributed by atoms with Gasteiger partial charge in [-0.15, -0.1) is 0 Å². The molecule has 0 spiro atoms. The fourth-order valence-corrected chi connectivity index (χ4v) is 4.77. The molecule has 1 atom stereocenters. The third-order valence-corrected chi connectivity index (χ3v) is 7.06. The fraction of sp³-hybridized carbons (Fsp3) is 0.375. The Morgan fingerprint density at radius 2 is 1.24 bits per heavy atom. The molecule has 1 rings (SSSR count). The molecule has 0 saturated carbocycles. The summed E-state index contributed by atoms with van der Waals surface area (Å²) in [6.45, 7) is 19.0. The standard InChI is InChI=1S/C40H54O2/c1-31(2)16-12-24-37(30-41)25-15-23-34(5)21-13-19-32(3)17-10-11-18-33(4)20-14-22-35(6)26-27-39-36(7)28-38(42)29-40(39,8)9/h10-11,13-23,25-27,30,38,42H,12,24,28-29H2,1-9H3/b11-10+,19-13+,20-14+,23-15+,27-26+,32-17+,33-18+,34-21+,35-22+,37-25-/t38-/m0/s1. The SMILES string of the molecule is CC(C)=CCC/C(C=O)=C/C=C/C(C)=C/C=C/C(C)=C/C=C/C=C(C)/C=C/C=C(C)/C=C/C1=C(C)C[C@H](O)CC1(C)C. The highest BCUT2D eigenvalue weighted by atomic mass is 16.3. The number of allylic oxidation sites excluding steroid dienone is 23. The molecule has 1 N–H and O–H groups in total. The largest absolute Gasteiger partial charge is 0.393 e. The zero-order chi connectivity index (χ0) is 31.5. The lowest BCUT2D eigenvalue weighted by Crippen LogP contribution is -2.28. The smallest absolute Gasteiger partial charge is 0.146 e. The molecule has 1 aliphatic rings. The van der Waals surface area contributed by atoms with Gasteiger partial charge in [0.25, 0.3) is 0 Å². The topological polar surface area (TPSA) is 37.3 Å². The van der Waals surface area contributed by atoms with Gasteiger partial charge < -0.3 is 5.11 Å². The molecule has 0 bridgehead atoms. The predicted molar refractivity (Wildman–Crippen MR) is 185 cm³/mol.